The van der Waals surface area contributed by atoms with Gasteiger partial charge in [-0.2, -0.15) is 0 Å². The van der Waals surface area contributed by atoms with Crippen LogP contribution in [0.3, 0.4) is 0 Å². The average molecular weight is 554 g/mol. The summed E-state index contributed by atoms with van der Waals surface area (Å²) in [6.07, 6.45) is 1.83. The van der Waals surface area contributed by atoms with Crippen molar-refractivity contribution in [1.82, 2.24) is 9.47 Å². The fourth-order valence-electron chi connectivity index (χ4n) is 4.33. The number of imide groups is 1. The lowest BCUT2D eigenvalue weighted by Crippen LogP contribution is -2.32. The summed E-state index contributed by atoms with van der Waals surface area (Å²) in [5, 5.41) is -0.265. The van der Waals surface area contributed by atoms with Crippen molar-refractivity contribution in [3.63, 3.8) is 0 Å². The number of thioether (sulfide) groups is 1. The molecule has 3 aromatic rings. The van der Waals surface area contributed by atoms with Crippen LogP contribution in [0.4, 0.5) is 4.79 Å². The Labute approximate surface area is 219 Å². The van der Waals surface area contributed by atoms with Gasteiger partial charge in [0, 0.05) is 21.5 Å². The maximum Gasteiger partial charge on any atom is 0.293 e. The molecule has 1 aromatic heterocycles. The topological polar surface area (TPSA) is 51.5 Å². The highest BCUT2D eigenvalue weighted by atomic mass is 79.9. The summed E-state index contributed by atoms with van der Waals surface area (Å²) in [6, 6.07) is 12.3. The Hall–Kier alpha value is -2.77. The third-order valence-electron chi connectivity index (χ3n) is 6.23. The van der Waals surface area contributed by atoms with Crippen molar-refractivity contribution in [3.8, 4) is 11.4 Å². The lowest BCUT2D eigenvalue weighted by molar-refractivity contribution is -0.123. The normalized spacial score (nSPS) is 14.9. The first kappa shape index (κ1) is 25.3. The first-order valence-electron chi connectivity index (χ1n) is 11.5. The molecule has 7 heteroatoms. The monoisotopic (exact) mass is 552 g/mol. The third kappa shape index (κ3) is 5.11. The van der Waals surface area contributed by atoms with Gasteiger partial charge in [-0.3, -0.25) is 14.5 Å². The van der Waals surface area contributed by atoms with Crippen LogP contribution in [0, 0.1) is 41.5 Å². The first-order chi connectivity index (χ1) is 16.6. The maximum atomic E-state index is 13.0. The van der Waals surface area contributed by atoms with Gasteiger partial charge in [-0.05, 0) is 111 Å². The standard InChI is InChI=1S/C28H29BrN2O3S/c1-16-7-8-17(2)24(11-16)34-10-9-30-27(32)25(35-28(30)33)15-22-14-20(5)31(21(22)6)23-12-18(3)26(29)19(4)13-23/h7-8,11-15H,9-10H2,1-6H3/b25-15-. The van der Waals surface area contributed by atoms with Crippen molar-refractivity contribution < 1.29 is 14.3 Å². The summed E-state index contributed by atoms with van der Waals surface area (Å²) in [4.78, 5) is 27.3. The van der Waals surface area contributed by atoms with E-state index in [0.29, 0.717) is 4.91 Å². The minimum Gasteiger partial charge on any atom is -0.491 e. The smallest absolute Gasteiger partial charge is 0.293 e. The fraction of sp³-hybridized carbons (Fsp3) is 0.286. The van der Waals surface area contributed by atoms with Crippen molar-refractivity contribution in [2.75, 3.05) is 13.2 Å². The highest BCUT2D eigenvalue weighted by Gasteiger charge is 2.35. The van der Waals surface area contributed by atoms with Crippen LogP contribution in [-0.4, -0.2) is 33.8 Å². The van der Waals surface area contributed by atoms with E-state index in [9.17, 15) is 9.59 Å². The van der Waals surface area contributed by atoms with Gasteiger partial charge in [0.2, 0.25) is 0 Å². The molecule has 2 amide bonds. The molecule has 1 saturated heterocycles. The number of nitrogens with zero attached hydrogens (tertiary/aromatic N) is 2. The maximum absolute atomic E-state index is 13.0. The molecule has 0 saturated carbocycles. The van der Waals surface area contributed by atoms with Gasteiger partial charge < -0.3 is 9.30 Å². The predicted octanol–water partition coefficient (Wildman–Crippen LogP) is 7.21. The molecule has 0 aliphatic carbocycles. The number of amides is 2. The van der Waals surface area contributed by atoms with Gasteiger partial charge in [-0.25, -0.2) is 0 Å². The molecule has 182 valence electrons. The van der Waals surface area contributed by atoms with E-state index in [4.69, 9.17) is 4.74 Å². The number of benzene rings is 2. The number of halogens is 1. The van der Waals surface area contributed by atoms with Crippen LogP contribution in [0.5, 0.6) is 5.75 Å². The molecule has 0 radical (unpaired) electrons. The highest BCUT2D eigenvalue weighted by molar-refractivity contribution is 9.10. The zero-order valence-corrected chi connectivity index (χ0v) is 23.3. The van der Waals surface area contributed by atoms with E-state index in [1.807, 2.05) is 52.0 Å². The van der Waals surface area contributed by atoms with E-state index in [1.165, 1.54) is 16.0 Å². The summed E-state index contributed by atoms with van der Waals surface area (Å²) in [7, 11) is 0. The SMILES string of the molecule is Cc1ccc(C)c(OCCN2C(=O)S/C(=C\c3cc(C)n(-c4cc(C)c(Br)c(C)c4)c3C)C2=O)c1. The summed E-state index contributed by atoms with van der Waals surface area (Å²) in [5.41, 5.74) is 8.55. The van der Waals surface area contributed by atoms with Crippen LogP contribution >= 0.6 is 27.7 Å². The molecular weight excluding hydrogens is 524 g/mol. The van der Waals surface area contributed by atoms with Gasteiger partial charge in [-0.15, -0.1) is 0 Å². The molecule has 1 aliphatic heterocycles. The Morgan fingerprint density at radius 1 is 0.943 bits per heavy atom. The first-order valence-corrected chi connectivity index (χ1v) is 13.1. The molecule has 0 bridgehead atoms. The molecular formula is C28H29BrN2O3S. The van der Waals surface area contributed by atoms with Gasteiger partial charge in [0.05, 0.1) is 11.4 Å². The molecule has 4 rings (SSSR count). The third-order valence-corrected chi connectivity index (χ3v) is 8.38. The van der Waals surface area contributed by atoms with Crippen molar-refractivity contribution >= 4 is 44.9 Å². The van der Waals surface area contributed by atoms with Crippen molar-refractivity contribution in [3.05, 3.63) is 85.0 Å². The zero-order valence-electron chi connectivity index (χ0n) is 20.9. The number of hydrogen-bond acceptors (Lipinski definition) is 4. The predicted molar refractivity (Wildman–Crippen MR) is 147 cm³/mol. The molecule has 2 heterocycles. The number of hydrogen-bond donors (Lipinski definition) is 0. The van der Waals surface area contributed by atoms with Gasteiger partial charge in [0.15, 0.2) is 0 Å². The quantitative estimate of drug-likeness (QED) is 0.303. The summed E-state index contributed by atoms with van der Waals surface area (Å²) in [5.74, 6) is 0.503. The molecule has 35 heavy (non-hydrogen) atoms. The summed E-state index contributed by atoms with van der Waals surface area (Å²) in [6.45, 7) is 12.7. The fourth-order valence-corrected chi connectivity index (χ4v) is 5.41. The van der Waals surface area contributed by atoms with E-state index in [-0.39, 0.29) is 24.3 Å². The molecule has 5 nitrogen and oxygen atoms in total. The van der Waals surface area contributed by atoms with Crippen LogP contribution in [-0.2, 0) is 4.79 Å². The number of carbonyl (C=O) groups is 2. The zero-order chi connectivity index (χ0) is 25.4. The van der Waals surface area contributed by atoms with E-state index >= 15 is 0 Å². The molecule has 1 aliphatic rings. The Bertz CT molecular complexity index is 1350. The van der Waals surface area contributed by atoms with Crippen molar-refractivity contribution in [2.45, 2.75) is 41.5 Å². The van der Waals surface area contributed by atoms with Crippen LogP contribution in [0.2, 0.25) is 0 Å². The van der Waals surface area contributed by atoms with Gasteiger partial charge >= 0.3 is 0 Å². The summed E-state index contributed by atoms with van der Waals surface area (Å²) < 4.78 is 9.15. The van der Waals surface area contributed by atoms with E-state index in [0.717, 1.165) is 55.7 Å². The molecule has 0 unspecified atom stereocenters. The summed E-state index contributed by atoms with van der Waals surface area (Å²) >= 11 is 4.62. The molecule has 2 aromatic carbocycles. The minimum atomic E-state index is -0.273. The van der Waals surface area contributed by atoms with Gasteiger partial charge in [-0.1, -0.05) is 28.1 Å². The van der Waals surface area contributed by atoms with E-state index < -0.39 is 0 Å². The Balaban J connectivity index is 1.53. The van der Waals surface area contributed by atoms with Gasteiger partial charge in [0.25, 0.3) is 11.1 Å². The van der Waals surface area contributed by atoms with E-state index in [2.05, 4.69) is 52.5 Å². The second kappa shape index (κ2) is 10.1. The Morgan fingerprint density at radius 3 is 2.31 bits per heavy atom. The lowest BCUT2D eigenvalue weighted by atomic mass is 10.1. The number of carbonyl (C=O) groups excluding carboxylic acids is 2. The van der Waals surface area contributed by atoms with Gasteiger partial charge in [0.1, 0.15) is 12.4 Å². The molecule has 0 N–H and O–H groups in total. The number of aryl methyl sites for hydroxylation is 5. The average Bonchev–Trinajstić information content (AvgIpc) is 3.23. The lowest BCUT2D eigenvalue weighted by Gasteiger charge is -2.14. The van der Waals surface area contributed by atoms with Crippen LogP contribution in [0.25, 0.3) is 11.8 Å². The Morgan fingerprint density at radius 2 is 1.63 bits per heavy atom. The van der Waals surface area contributed by atoms with E-state index in [1.54, 1.807) is 0 Å². The second-order valence-electron chi connectivity index (χ2n) is 9.01. The Kier molecular flexibility index (Phi) is 7.29. The van der Waals surface area contributed by atoms with Crippen molar-refractivity contribution in [2.24, 2.45) is 0 Å². The largest absolute Gasteiger partial charge is 0.491 e. The number of ether oxygens (including phenoxy) is 1. The van der Waals surface area contributed by atoms with Crippen LogP contribution < -0.4 is 4.74 Å². The highest BCUT2D eigenvalue weighted by Crippen LogP contribution is 2.34. The van der Waals surface area contributed by atoms with Crippen LogP contribution in [0.1, 0.15) is 39.2 Å². The second-order valence-corrected chi connectivity index (χ2v) is 10.8. The number of aromatic nitrogens is 1. The molecule has 0 spiro atoms. The molecule has 1 fully saturated rings. The van der Waals surface area contributed by atoms with Crippen molar-refractivity contribution in [1.29, 1.82) is 0 Å². The number of rotatable bonds is 6. The minimum absolute atomic E-state index is 0.214. The molecule has 0 atom stereocenters. The van der Waals surface area contributed by atoms with Crippen LogP contribution in [0.15, 0.2) is 45.8 Å².